The summed E-state index contributed by atoms with van der Waals surface area (Å²) in [6.07, 6.45) is 2.98. The highest BCUT2D eigenvalue weighted by molar-refractivity contribution is 6.01. The normalized spacial score (nSPS) is 18.3. The molecule has 7 nitrogen and oxygen atoms in total. The molecule has 1 aromatic rings. The fourth-order valence-electron chi connectivity index (χ4n) is 2.35. The summed E-state index contributed by atoms with van der Waals surface area (Å²) in [5.74, 6) is 0.666. The van der Waals surface area contributed by atoms with Gasteiger partial charge in [-0.25, -0.2) is 9.78 Å². The molecule has 1 saturated heterocycles. The molecular weight excluding hydrogens is 274 g/mol. The van der Waals surface area contributed by atoms with E-state index in [2.05, 4.69) is 10.3 Å². The van der Waals surface area contributed by atoms with E-state index in [0.29, 0.717) is 18.2 Å². The summed E-state index contributed by atoms with van der Waals surface area (Å²) in [6.45, 7) is 2.81. The van der Waals surface area contributed by atoms with Crippen molar-refractivity contribution in [3.8, 4) is 5.75 Å². The molecule has 2 aliphatic heterocycles. The highest BCUT2D eigenvalue weighted by atomic mass is 16.6. The van der Waals surface area contributed by atoms with Crippen LogP contribution in [0.1, 0.15) is 19.8 Å². The van der Waals surface area contributed by atoms with Crippen molar-refractivity contribution in [2.24, 2.45) is 0 Å². The van der Waals surface area contributed by atoms with E-state index in [1.807, 2.05) is 6.92 Å². The van der Waals surface area contributed by atoms with E-state index in [9.17, 15) is 9.59 Å². The fourth-order valence-corrected chi connectivity index (χ4v) is 2.35. The van der Waals surface area contributed by atoms with Crippen LogP contribution in [0.2, 0.25) is 0 Å². The second-order valence-corrected chi connectivity index (χ2v) is 5.22. The maximum atomic E-state index is 12.1. The Bertz CT molecular complexity index is 569. The quantitative estimate of drug-likeness (QED) is 0.851. The van der Waals surface area contributed by atoms with E-state index in [0.717, 1.165) is 12.8 Å². The molecule has 1 aromatic heterocycles. The highest BCUT2D eigenvalue weighted by Gasteiger charge is 2.56. The van der Waals surface area contributed by atoms with E-state index >= 15 is 0 Å². The van der Waals surface area contributed by atoms with Gasteiger partial charge in [-0.3, -0.25) is 9.69 Å². The molecule has 1 spiro atoms. The minimum Gasteiger partial charge on any atom is -0.470 e. The van der Waals surface area contributed by atoms with Crippen LogP contribution in [0.25, 0.3) is 0 Å². The van der Waals surface area contributed by atoms with Crippen LogP contribution in [0.15, 0.2) is 18.3 Å². The summed E-state index contributed by atoms with van der Waals surface area (Å²) in [6, 6.07) is 3.48. The number of aromatic nitrogens is 1. The molecule has 0 aliphatic carbocycles. The third-order valence-corrected chi connectivity index (χ3v) is 3.60. The lowest BCUT2D eigenvalue weighted by Gasteiger charge is -2.48. The van der Waals surface area contributed by atoms with Crippen LogP contribution in [0.4, 0.5) is 10.6 Å². The largest absolute Gasteiger partial charge is 0.470 e. The predicted molar refractivity (Wildman–Crippen MR) is 74.1 cm³/mol. The van der Waals surface area contributed by atoms with Gasteiger partial charge in [0.15, 0.2) is 11.6 Å². The van der Waals surface area contributed by atoms with Crippen LogP contribution in [0.3, 0.4) is 0 Å². The zero-order valence-electron chi connectivity index (χ0n) is 11.8. The molecule has 7 heteroatoms. The SMILES string of the molecule is CCCCOC(=O)N1CC2(C1)Oc1cccnc1NC2=O. The van der Waals surface area contributed by atoms with Gasteiger partial charge in [-0.15, -0.1) is 0 Å². The average molecular weight is 291 g/mol. The number of pyridine rings is 1. The van der Waals surface area contributed by atoms with Crippen LogP contribution in [0, 0.1) is 0 Å². The number of hydrogen-bond acceptors (Lipinski definition) is 5. The Morgan fingerprint density at radius 2 is 2.38 bits per heavy atom. The van der Waals surface area contributed by atoms with Gasteiger partial charge in [0.25, 0.3) is 5.91 Å². The lowest BCUT2D eigenvalue weighted by Crippen LogP contribution is -2.72. The zero-order chi connectivity index (χ0) is 14.9. The second-order valence-electron chi connectivity index (χ2n) is 5.22. The lowest BCUT2D eigenvalue weighted by atomic mass is 9.92. The first-order chi connectivity index (χ1) is 10.1. The molecule has 3 rings (SSSR count). The van der Waals surface area contributed by atoms with Gasteiger partial charge in [0, 0.05) is 6.20 Å². The molecule has 0 bridgehead atoms. The van der Waals surface area contributed by atoms with E-state index in [-0.39, 0.29) is 19.0 Å². The number of rotatable bonds is 3. The number of ether oxygens (including phenoxy) is 2. The first-order valence-electron chi connectivity index (χ1n) is 7.02. The number of amides is 2. The van der Waals surface area contributed by atoms with Crippen LogP contribution < -0.4 is 10.1 Å². The molecule has 0 saturated carbocycles. The molecule has 0 unspecified atom stereocenters. The van der Waals surface area contributed by atoms with Crippen molar-refractivity contribution in [1.82, 2.24) is 9.88 Å². The third kappa shape index (κ3) is 2.39. The summed E-state index contributed by atoms with van der Waals surface area (Å²) in [4.78, 5) is 29.4. The molecule has 21 heavy (non-hydrogen) atoms. The summed E-state index contributed by atoms with van der Waals surface area (Å²) < 4.78 is 10.9. The summed E-state index contributed by atoms with van der Waals surface area (Å²) in [5, 5.41) is 2.71. The number of nitrogens with zero attached hydrogens (tertiary/aromatic N) is 2. The smallest absolute Gasteiger partial charge is 0.410 e. The Balaban J connectivity index is 1.62. The van der Waals surface area contributed by atoms with Crippen LogP contribution in [-0.4, -0.2) is 47.2 Å². The molecule has 1 N–H and O–H groups in total. The molecule has 2 aliphatic rings. The Morgan fingerprint density at radius 3 is 3.14 bits per heavy atom. The summed E-state index contributed by atoms with van der Waals surface area (Å²) >= 11 is 0. The van der Waals surface area contributed by atoms with E-state index < -0.39 is 11.7 Å². The molecule has 0 radical (unpaired) electrons. The Kier molecular flexibility index (Phi) is 3.40. The number of carbonyl (C=O) groups excluding carboxylic acids is 2. The zero-order valence-corrected chi connectivity index (χ0v) is 11.8. The van der Waals surface area contributed by atoms with E-state index in [1.165, 1.54) is 4.90 Å². The number of fused-ring (bicyclic) bond motifs is 1. The predicted octanol–water partition coefficient (Wildman–Crippen LogP) is 1.40. The Morgan fingerprint density at radius 1 is 1.57 bits per heavy atom. The summed E-state index contributed by atoms with van der Waals surface area (Å²) in [7, 11) is 0. The van der Waals surface area contributed by atoms with Crippen molar-refractivity contribution >= 4 is 17.8 Å². The molecular formula is C14H17N3O4. The molecule has 0 aromatic carbocycles. The van der Waals surface area contributed by atoms with Crippen LogP contribution in [-0.2, 0) is 9.53 Å². The molecule has 0 atom stereocenters. The maximum absolute atomic E-state index is 12.1. The monoisotopic (exact) mass is 291 g/mol. The second kappa shape index (κ2) is 5.23. The van der Waals surface area contributed by atoms with Crippen molar-refractivity contribution in [3.05, 3.63) is 18.3 Å². The minimum absolute atomic E-state index is 0.193. The van der Waals surface area contributed by atoms with Crippen LogP contribution in [0.5, 0.6) is 5.75 Å². The van der Waals surface area contributed by atoms with Gasteiger partial charge in [0.1, 0.15) is 0 Å². The van der Waals surface area contributed by atoms with Gasteiger partial charge in [-0.2, -0.15) is 0 Å². The van der Waals surface area contributed by atoms with Gasteiger partial charge in [-0.1, -0.05) is 13.3 Å². The maximum Gasteiger partial charge on any atom is 0.410 e. The van der Waals surface area contributed by atoms with Gasteiger partial charge in [-0.05, 0) is 18.6 Å². The average Bonchev–Trinajstić information content (AvgIpc) is 2.44. The molecule has 3 heterocycles. The number of likely N-dealkylation sites (tertiary alicyclic amines) is 1. The van der Waals surface area contributed by atoms with E-state index in [4.69, 9.17) is 9.47 Å². The fraction of sp³-hybridized carbons (Fsp3) is 0.500. The molecule has 1 fully saturated rings. The van der Waals surface area contributed by atoms with E-state index in [1.54, 1.807) is 18.3 Å². The lowest BCUT2D eigenvalue weighted by molar-refractivity contribution is -0.146. The van der Waals surface area contributed by atoms with Crippen molar-refractivity contribution in [2.45, 2.75) is 25.4 Å². The number of hydrogen-bond donors (Lipinski definition) is 1. The standard InChI is InChI=1S/C14H17N3O4/c1-2-3-7-20-13(19)17-8-14(9-17)12(18)16-11-10(21-14)5-4-6-15-11/h4-6H,2-3,7-9H2,1H3,(H,15,16,18). The van der Waals surface area contributed by atoms with Gasteiger partial charge >= 0.3 is 6.09 Å². The van der Waals surface area contributed by atoms with Crippen molar-refractivity contribution in [2.75, 3.05) is 25.0 Å². The van der Waals surface area contributed by atoms with Gasteiger partial charge in [0.05, 0.1) is 19.7 Å². The first kappa shape index (κ1) is 13.7. The third-order valence-electron chi connectivity index (χ3n) is 3.60. The van der Waals surface area contributed by atoms with Crippen molar-refractivity contribution in [1.29, 1.82) is 0 Å². The topological polar surface area (TPSA) is 80.8 Å². The Labute approximate surface area is 122 Å². The number of nitrogens with one attached hydrogen (secondary N) is 1. The number of anilines is 1. The minimum atomic E-state index is -1.01. The Hall–Kier alpha value is -2.31. The van der Waals surface area contributed by atoms with Crippen molar-refractivity contribution < 1.29 is 19.1 Å². The van der Waals surface area contributed by atoms with Gasteiger partial charge in [0.2, 0.25) is 5.60 Å². The highest BCUT2D eigenvalue weighted by Crippen LogP contribution is 2.36. The molecule has 112 valence electrons. The molecule has 2 amide bonds. The number of carbonyl (C=O) groups is 2. The van der Waals surface area contributed by atoms with Crippen molar-refractivity contribution in [3.63, 3.8) is 0 Å². The van der Waals surface area contributed by atoms with Crippen LogP contribution >= 0.6 is 0 Å². The first-order valence-corrected chi connectivity index (χ1v) is 7.02. The number of unbranched alkanes of at least 4 members (excludes halogenated alkanes) is 1. The van der Waals surface area contributed by atoms with Gasteiger partial charge < -0.3 is 14.8 Å². The summed E-state index contributed by atoms with van der Waals surface area (Å²) in [5.41, 5.74) is -1.01.